The maximum Gasteiger partial charge on any atom is 0.223 e. The van der Waals surface area contributed by atoms with Crippen molar-refractivity contribution in [2.75, 3.05) is 13.2 Å². The van der Waals surface area contributed by atoms with Gasteiger partial charge < -0.3 is 10.4 Å². The molecule has 1 aliphatic rings. The molecular formula is C15H29NO2. The van der Waals surface area contributed by atoms with Crippen molar-refractivity contribution in [3.05, 3.63) is 0 Å². The Morgan fingerprint density at radius 3 is 2.28 bits per heavy atom. The number of aliphatic hydroxyl groups is 1. The molecule has 0 radical (unpaired) electrons. The second kappa shape index (κ2) is 7.13. The van der Waals surface area contributed by atoms with E-state index in [2.05, 4.69) is 26.1 Å². The third kappa shape index (κ3) is 4.97. The van der Waals surface area contributed by atoms with Crippen molar-refractivity contribution in [1.29, 1.82) is 0 Å². The zero-order valence-corrected chi connectivity index (χ0v) is 12.2. The minimum absolute atomic E-state index is 0.215. The van der Waals surface area contributed by atoms with E-state index in [9.17, 15) is 4.79 Å². The van der Waals surface area contributed by atoms with Gasteiger partial charge in [0.1, 0.15) is 0 Å². The molecule has 1 rings (SSSR count). The topological polar surface area (TPSA) is 49.3 Å². The molecule has 1 saturated carbocycles. The average Bonchev–Trinajstić information content (AvgIpc) is 2.33. The van der Waals surface area contributed by atoms with E-state index in [-0.39, 0.29) is 18.4 Å². The summed E-state index contributed by atoms with van der Waals surface area (Å²) in [5.74, 6) is 1.20. The highest BCUT2D eigenvalue weighted by molar-refractivity contribution is 5.78. The molecule has 1 fully saturated rings. The van der Waals surface area contributed by atoms with E-state index in [0.29, 0.717) is 12.0 Å². The standard InChI is InChI=1S/C15H29NO2/c1-15(2,3)13-8-6-12(7-9-13)14(18)16-10-4-5-11-17/h12-13,17H,4-11H2,1-3H3,(H,16,18). The first-order valence-corrected chi connectivity index (χ1v) is 7.33. The van der Waals surface area contributed by atoms with Crippen LogP contribution in [0.5, 0.6) is 0 Å². The lowest BCUT2D eigenvalue weighted by molar-refractivity contribution is -0.126. The Bertz CT molecular complexity index is 250. The van der Waals surface area contributed by atoms with E-state index >= 15 is 0 Å². The van der Waals surface area contributed by atoms with Crippen LogP contribution in [0.25, 0.3) is 0 Å². The molecule has 2 N–H and O–H groups in total. The van der Waals surface area contributed by atoms with Crippen LogP contribution in [0.3, 0.4) is 0 Å². The lowest BCUT2D eigenvalue weighted by atomic mass is 9.69. The van der Waals surface area contributed by atoms with Crippen LogP contribution in [0.2, 0.25) is 0 Å². The minimum Gasteiger partial charge on any atom is -0.396 e. The van der Waals surface area contributed by atoms with Gasteiger partial charge in [-0.2, -0.15) is 0 Å². The molecule has 0 saturated heterocycles. The number of hydrogen-bond acceptors (Lipinski definition) is 2. The van der Waals surface area contributed by atoms with Crippen molar-refractivity contribution in [2.24, 2.45) is 17.3 Å². The van der Waals surface area contributed by atoms with Gasteiger partial charge in [0.15, 0.2) is 0 Å². The van der Waals surface area contributed by atoms with Crippen molar-refractivity contribution >= 4 is 5.91 Å². The lowest BCUT2D eigenvalue weighted by Crippen LogP contribution is -2.35. The molecule has 3 nitrogen and oxygen atoms in total. The Morgan fingerprint density at radius 1 is 1.17 bits per heavy atom. The third-order valence-corrected chi connectivity index (χ3v) is 4.21. The molecule has 0 aromatic heterocycles. The molecule has 0 heterocycles. The number of carbonyl (C=O) groups is 1. The van der Waals surface area contributed by atoms with Gasteiger partial charge in [0.2, 0.25) is 5.91 Å². The molecule has 1 aliphatic carbocycles. The van der Waals surface area contributed by atoms with Crippen LogP contribution < -0.4 is 5.32 Å². The lowest BCUT2D eigenvalue weighted by Gasteiger charge is -2.36. The molecule has 3 heteroatoms. The van der Waals surface area contributed by atoms with Gasteiger partial charge in [-0.1, -0.05) is 20.8 Å². The van der Waals surface area contributed by atoms with Crippen molar-refractivity contribution in [3.8, 4) is 0 Å². The van der Waals surface area contributed by atoms with Crippen molar-refractivity contribution in [2.45, 2.75) is 59.3 Å². The van der Waals surface area contributed by atoms with Crippen molar-refractivity contribution in [3.63, 3.8) is 0 Å². The highest BCUT2D eigenvalue weighted by Gasteiger charge is 2.32. The first-order valence-electron chi connectivity index (χ1n) is 7.33. The van der Waals surface area contributed by atoms with Crippen molar-refractivity contribution < 1.29 is 9.90 Å². The maximum atomic E-state index is 11.9. The fourth-order valence-corrected chi connectivity index (χ4v) is 2.81. The van der Waals surface area contributed by atoms with Crippen LogP contribution in [0, 0.1) is 17.3 Å². The minimum atomic E-state index is 0.215. The fourth-order valence-electron chi connectivity index (χ4n) is 2.81. The number of hydrogen-bond donors (Lipinski definition) is 2. The SMILES string of the molecule is CC(C)(C)C1CCC(C(=O)NCCCCO)CC1. The van der Waals surface area contributed by atoms with E-state index < -0.39 is 0 Å². The van der Waals surface area contributed by atoms with E-state index in [1.54, 1.807) is 0 Å². The van der Waals surface area contributed by atoms with Crippen LogP contribution >= 0.6 is 0 Å². The number of amides is 1. The molecule has 0 aromatic rings. The van der Waals surface area contributed by atoms with Crippen molar-refractivity contribution in [1.82, 2.24) is 5.32 Å². The summed E-state index contributed by atoms with van der Waals surface area (Å²) < 4.78 is 0. The normalized spacial score (nSPS) is 24.9. The summed E-state index contributed by atoms with van der Waals surface area (Å²) >= 11 is 0. The molecule has 1 amide bonds. The Balaban J connectivity index is 2.23. The maximum absolute atomic E-state index is 11.9. The van der Waals surface area contributed by atoms with E-state index in [1.165, 1.54) is 12.8 Å². The summed E-state index contributed by atoms with van der Waals surface area (Å²) in [7, 11) is 0. The second-order valence-corrected chi connectivity index (χ2v) is 6.64. The first kappa shape index (κ1) is 15.5. The smallest absolute Gasteiger partial charge is 0.223 e. The van der Waals surface area contributed by atoms with Crippen LogP contribution in [0.4, 0.5) is 0 Å². The van der Waals surface area contributed by atoms with Gasteiger partial charge >= 0.3 is 0 Å². The molecule has 0 bridgehead atoms. The second-order valence-electron chi connectivity index (χ2n) is 6.64. The number of rotatable bonds is 5. The highest BCUT2D eigenvalue weighted by Crippen LogP contribution is 2.39. The Morgan fingerprint density at radius 2 is 1.78 bits per heavy atom. The monoisotopic (exact) mass is 255 g/mol. The first-order chi connectivity index (χ1) is 8.45. The van der Waals surface area contributed by atoms with Gasteiger partial charge in [-0.05, 0) is 49.9 Å². The number of unbranched alkanes of at least 4 members (excludes halogenated alkanes) is 1. The zero-order chi connectivity index (χ0) is 13.6. The van der Waals surface area contributed by atoms with E-state index in [0.717, 1.165) is 31.6 Å². The van der Waals surface area contributed by atoms with Crippen LogP contribution in [-0.4, -0.2) is 24.2 Å². The zero-order valence-electron chi connectivity index (χ0n) is 12.2. The quantitative estimate of drug-likeness (QED) is 0.742. The number of carbonyl (C=O) groups excluding carboxylic acids is 1. The molecule has 18 heavy (non-hydrogen) atoms. The van der Waals surface area contributed by atoms with Gasteiger partial charge in [-0.25, -0.2) is 0 Å². The van der Waals surface area contributed by atoms with Gasteiger partial charge in [0, 0.05) is 19.1 Å². The Hall–Kier alpha value is -0.570. The predicted molar refractivity (Wildman–Crippen MR) is 74.2 cm³/mol. The van der Waals surface area contributed by atoms with Gasteiger partial charge in [-0.15, -0.1) is 0 Å². The van der Waals surface area contributed by atoms with Crippen LogP contribution in [0.1, 0.15) is 59.3 Å². The van der Waals surface area contributed by atoms with Gasteiger partial charge in [0.25, 0.3) is 0 Å². The summed E-state index contributed by atoms with van der Waals surface area (Å²) in [6.07, 6.45) is 6.08. The highest BCUT2D eigenvalue weighted by atomic mass is 16.2. The summed E-state index contributed by atoms with van der Waals surface area (Å²) in [6, 6.07) is 0. The van der Waals surface area contributed by atoms with Gasteiger partial charge in [-0.3, -0.25) is 4.79 Å². The molecule has 0 spiro atoms. The molecule has 106 valence electrons. The largest absolute Gasteiger partial charge is 0.396 e. The third-order valence-electron chi connectivity index (χ3n) is 4.21. The molecule has 0 unspecified atom stereocenters. The summed E-state index contributed by atoms with van der Waals surface area (Å²) in [5, 5.41) is 11.7. The number of aliphatic hydroxyl groups excluding tert-OH is 1. The summed E-state index contributed by atoms with van der Waals surface area (Å²) in [6.45, 7) is 7.82. The molecule has 0 aliphatic heterocycles. The fraction of sp³-hybridized carbons (Fsp3) is 0.933. The molecule has 0 aromatic carbocycles. The van der Waals surface area contributed by atoms with E-state index in [1.807, 2.05) is 0 Å². The Kier molecular flexibility index (Phi) is 6.13. The molecule has 0 atom stereocenters. The molecular weight excluding hydrogens is 226 g/mol. The van der Waals surface area contributed by atoms with Crippen LogP contribution in [0.15, 0.2) is 0 Å². The van der Waals surface area contributed by atoms with E-state index in [4.69, 9.17) is 5.11 Å². The summed E-state index contributed by atoms with van der Waals surface area (Å²) in [5.41, 5.74) is 0.378. The Labute approximate surface area is 111 Å². The number of nitrogens with one attached hydrogen (secondary N) is 1. The predicted octanol–water partition coefficient (Wildman–Crippen LogP) is 2.73. The summed E-state index contributed by atoms with van der Waals surface area (Å²) in [4.78, 5) is 11.9. The average molecular weight is 255 g/mol. The van der Waals surface area contributed by atoms with Crippen LogP contribution in [-0.2, 0) is 4.79 Å². The van der Waals surface area contributed by atoms with Gasteiger partial charge in [0.05, 0.1) is 0 Å².